The van der Waals surface area contributed by atoms with Crippen LogP contribution in [0.15, 0.2) is 36.7 Å². The van der Waals surface area contributed by atoms with E-state index in [0.717, 1.165) is 5.56 Å². The van der Waals surface area contributed by atoms with Crippen molar-refractivity contribution in [2.75, 3.05) is 0 Å². The Hall–Kier alpha value is -1.61. The van der Waals surface area contributed by atoms with Gasteiger partial charge in [0, 0.05) is 30.9 Å². The lowest BCUT2D eigenvalue weighted by Crippen LogP contribution is -2.10. The van der Waals surface area contributed by atoms with Crippen molar-refractivity contribution in [2.45, 2.75) is 6.42 Å². The molecule has 1 aromatic heterocycles. The number of benzene rings is 1. The summed E-state index contributed by atoms with van der Waals surface area (Å²) in [5, 5.41) is 0.616. The zero-order chi connectivity index (χ0) is 11.5. The van der Waals surface area contributed by atoms with Crippen LogP contribution in [0.5, 0.6) is 0 Å². The van der Waals surface area contributed by atoms with Gasteiger partial charge in [-0.3, -0.25) is 4.79 Å². The van der Waals surface area contributed by atoms with Crippen molar-refractivity contribution < 1.29 is 4.79 Å². The van der Waals surface area contributed by atoms with Crippen LogP contribution >= 0.6 is 11.6 Å². The molecule has 2 aromatic rings. The zero-order valence-electron chi connectivity index (χ0n) is 8.85. The molecule has 0 fully saturated rings. The van der Waals surface area contributed by atoms with Crippen LogP contribution in [0.3, 0.4) is 0 Å². The van der Waals surface area contributed by atoms with Crippen LogP contribution in [0.2, 0.25) is 5.02 Å². The number of imidazole rings is 1. The van der Waals surface area contributed by atoms with E-state index in [1.54, 1.807) is 30.1 Å². The van der Waals surface area contributed by atoms with Gasteiger partial charge in [0.15, 0.2) is 5.82 Å². The molecule has 16 heavy (non-hydrogen) atoms. The van der Waals surface area contributed by atoms with Crippen LogP contribution in [0.25, 0.3) is 0 Å². The minimum absolute atomic E-state index is 0.0272. The summed E-state index contributed by atoms with van der Waals surface area (Å²) in [5.74, 6) is 0.431. The van der Waals surface area contributed by atoms with Crippen molar-refractivity contribution in [3.05, 3.63) is 53.1 Å². The Morgan fingerprint density at radius 3 is 2.81 bits per heavy atom. The third-order valence-electron chi connectivity index (χ3n) is 2.38. The molecule has 0 aliphatic heterocycles. The molecule has 0 spiro atoms. The fraction of sp³-hybridized carbons (Fsp3) is 0.167. The van der Waals surface area contributed by atoms with Crippen LogP contribution in [-0.4, -0.2) is 15.3 Å². The van der Waals surface area contributed by atoms with Gasteiger partial charge in [0.2, 0.25) is 5.78 Å². The number of nitrogens with zero attached hydrogens (tertiary/aromatic N) is 2. The van der Waals surface area contributed by atoms with Gasteiger partial charge in [-0.05, 0) is 11.6 Å². The molecule has 0 atom stereocenters. The number of halogens is 1. The predicted octanol–water partition coefficient (Wildman–Crippen LogP) is 2.50. The fourth-order valence-electron chi connectivity index (χ4n) is 1.53. The highest BCUT2D eigenvalue weighted by atomic mass is 35.5. The molecule has 0 unspecified atom stereocenters. The molecular weight excluding hydrogens is 224 g/mol. The van der Waals surface area contributed by atoms with Gasteiger partial charge in [0.1, 0.15) is 0 Å². The molecule has 0 saturated carbocycles. The van der Waals surface area contributed by atoms with Gasteiger partial charge in [0.25, 0.3) is 0 Å². The highest BCUT2D eigenvalue weighted by molar-refractivity contribution is 6.31. The predicted molar refractivity (Wildman–Crippen MR) is 62.7 cm³/mol. The number of carbonyl (C=O) groups is 1. The first-order valence-corrected chi connectivity index (χ1v) is 5.30. The molecule has 1 aromatic carbocycles. The minimum Gasteiger partial charge on any atom is -0.332 e. The first-order valence-electron chi connectivity index (χ1n) is 4.92. The van der Waals surface area contributed by atoms with E-state index < -0.39 is 0 Å². The molecule has 0 N–H and O–H groups in total. The maximum Gasteiger partial charge on any atom is 0.202 e. The van der Waals surface area contributed by atoms with E-state index >= 15 is 0 Å². The molecule has 0 radical (unpaired) electrons. The highest BCUT2D eigenvalue weighted by Gasteiger charge is 2.12. The van der Waals surface area contributed by atoms with Crippen molar-refractivity contribution >= 4 is 17.4 Å². The number of aromatic nitrogens is 2. The topological polar surface area (TPSA) is 34.9 Å². The quantitative estimate of drug-likeness (QED) is 0.765. The lowest BCUT2D eigenvalue weighted by molar-refractivity contribution is 0.0980. The van der Waals surface area contributed by atoms with Gasteiger partial charge in [-0.2, -0.15) is 0 Å². The standard InChI is InChI=1S/C12H11ClN2O/c1-15-7-6-14-12(15)11(16)8-9-4-2-3-5-10(9)13/h2-7H,8H2,1H3. The summed E-state index contributed by atoms with van der Waals surface area (Å²) in [6.07, 6.45) is 3.64. The van der Waals surface area contributed by atoms with Crippen LogP contribution in [0.1, 0.15) is 16.2 Å². The van der Waals surface area contributed by atoms with Gasteiger partial charge in [-0.25, -0.2) is 4.98 Å². The molecular formula is C12H11ClN2O. The van der Waals surface area contributed by atoms with E-state index in [1.807, 2.05) is 18.2 Å². The number of Topliss-reactive ketones (excluding diaryl/α,β-unsaturated/α-hetero) is 1. The van der Waals surface area contributed by atoms with Gasteiger partial charge in [-0.1, -0.05) is 29.8 Å². The van der Waals surface area contributed by atoms with E-state index in [9.17, 15) is 4.79 Å². The van der Waals surface area contributed by atoms with Crippen molar-refractivity contribution in [2.24, 2.45) is 7.05 Å². The van der Waals surface area contributed by atoms with Crippen LogP contribution < -0.4 is 0 Å². The van der Waals surface area contributed by atoms with E-state index in [0.29, 0.717) is 10.8 Å². The monoisotopic (exact) mass is 234 g/mol. The van der Waals surface area contributed by atoms with Crippen LogP contribution in [0, 0.1) is 0 Å². The molecule has 0 bridgehead atoms. The Bertz CT molecular complexity index is 519. The largest absolute Gasteiger partial charge is 0.332 e. The van der Waals surface area contributed by atoms with Crippen molar-refractivity contribution in [1.29, 1.82) is 0 Å². The number of aryl methyl sites for hydroxylation is 1. The number of hydrogen-bond acceptors (Lipinski definition) is 2. The molecule has 4 heteroatoms. The van der Waals surface area contributed by atoms with Gasteiger partial charge < -0.3 is 4.57 Å². The normalized spacial score (nSPS) is 10.4. The first-order chi connectivity index (χ1) is 7.68. The maximum absolute atomic E-state index is 11.9. The van der Waals surface area contributed by atoms with Crippen molar-refractivity contribution in [3.63, 3.8) is 0 Å². The second kappa shape index (κ2) is 4.49. The Morgan fingerprint density at radius 1 is 1.44 bits per heavy atom. The molecule has 0 saturated heterocycles. The minimum atomic E-state index is -0.0272. The zero-order valence-corrected chi connectivity index (χ0v) is 9.61. The summed E-state index contributed by atoms with van der Waals surface area (Å²) in [5.41, 5.74) is 0.831. The summed E-state index contributed by atoms with van der Waals surface area (Å²) < 4.78 is 1.71. The van der Waals surface area contributed by atoms with E-state index in [-0.39, 0.29) is 12.2 Å². The lowest BCUT2D eigenvalue weighted by Gasteiger charge is -2.03. The van der Waals surface area contributed by atoms with Gasteiger partial charge in [0.05, 0.1) is 0 Å². The summed E-state index contributed by atoms with van der Waals surface area (Å²) in [6, 6.07) is 7.34. The van der Waals surface area contributed by atoms with Crippen molar-refractivity contribution in [1.82, 2.24) is 9.55 Å². The van der Waals surface area contributed by atoms with E-state index in [4.69, 9.17) is 11.6 Å². The Labute approximate surface area is 98.7 Å². The van der Waals surface area contributed by atoms with Crippen LogP contribution in [0.4, 0.5) is 0 Å². The van der Waals surface area contributed by atoms with Crippen molar-refractivity contribution in [3.8, 4) is 0 Å². The molecule has 0 amide bonds. The summed E-state index contributed by atoms with van der Waals surface area (Å²) in [6.45, 7) is 0. The average Bonchev–Trinajstić information content (AvgIpc) is 2.68. The second-order valence-electron chi connectivity index (χ2n) is 3.55. The van der Waals surface area contributed by atoms with E-state index in [2.05, 4.69) is 4.98 Å². The molecule has 0 aliphatic carbocycles. The molecule has 0 aliphatic rings. The Balaban J connectivity index is 2.21. The summed E-state index contributed by atoms with van der Waals surface area (Å²) in [7, 11) is 1.80. The van der Waals surface area contributed by atoms with Crippen LogP contribution in [-0.2, 0) is 13.5 Å². The number of rotatable bonds is 3. The molecule has 2 rings (SSSR count). The number of hydrogen-bond donors (Lipinski definition) is 0. The lowest BCUT2D eigenvalue weighted by atomic mass is 10.1. The maximum atomic E-state index is 11.9. The number of ketones is 1. The van der Waals surface area contributed by atoms with Gasteiger partial charge in [-0.15, -0.1) is 0 Å². The Morgan fingerprint density at radius 2 is 2.19 bits per heavy atom. The average molecular weight is 235 g/mol. The molecule has 82 valence electrons. The highest BCUT2D eigenvalue weighted by Crippen LogP contribution is 2.16. The summed E-state index contributed by atoms with van der Waals surface area (Å²) in [4.78, 5) is 15.9. The van der Waals surface area contributed by atoms with Gasteiger partial charge >= 0.3 is 0 Å². The third kappa shape index (κ3) is 2.14. The first kappa shape index (κ1) is 10.9. The summed E-state index contributed by atoms with van der Waals surface area (Å²) >= 11 is 5.99. The molecule has 3 nitrogen and oxygen atoms in total. The number of carbonyl (C=O) groups excluding carboxylic acids is 1. The Kier molecular flexibility index (Phi) is 3.06. The third-order valence-corrected chi connectivity index (χ3v) is 2.75. The second-order valence-corrected chi connectivity index (χ2v) is 3.96. The smallest absolute Gasteiger partial charge is 0.202 e. The fourth-order valence-corrected chi connectivity index (χ4v) is 1.73. The SMILES string of the molecule is Cn1ccnc1C(=O)Cc1ccccc1Cl. The molecule has 1 heterocycles. The van der Waals surface area contributed by atoms with E-state index in [1.165, 1.54) is 0 Å².